The summed E-state index contributed by atoms with van der Waals surface area (Å²) in [7, 11) is 3.27. The zero-order valence-corrected chi connectivity index (χ0v) is 17.6. The molecule has 0 bridgehead atoms. The van der Waals surface area contributed by atoms with Crippen molar-refractivity contribution in [2.75, 3.05) is 27.3 Å². The van der Waals surface area contributed by atoms with Gasteiger partial charge in [-0.25, -0.2) is 4.99 Å². The fraction of sp³-hybridized carbons (Fsp3) is 0.550. The van der Waals surface area contributed by atoms with Crippen molar-refractivity contribution in [2.24, 2.45) is 4.99 Å². The highest BCUT2D eigenvalue weighted by Gasteiger charge is 2.21. The van der Waals surface area contributed by atoms with Crippen molar-refractivity contribution in [3.63, 3.8) is 0 Å². The summed E-state index contributed by atoms with van der Waals surface area (Å²) in [6.07, 6.45) is 0.821. The van der Waals surface area contributed by atoms with E-state index in [4.69, 9.17) is 14.0 Å². The van der Waals surface area contributed by atoms with Gasteiger partial charge in [0.15, 0.2) is 23.3 Å². The first-order chi connectivity index (χ1) is 13.4. The first-order valence-corrected chi connectivity index (χ1v) is 9.43. The third-order valence-corrected chi connectivity index (χ3v) is 3.99. The van der Waals surface area contributed by atoms with Gasteiger partial charge in [0.1, 0.15) is 6.54 Å². The highest BCUT2D eigenvalue weighted by Crippen LogP contribution is 2.27. The molecule has 0 spiro atoms. The molecule has 0 atom stereocenters. The number of ether oxygens (including phenoxy) is 2. The molecule has 2 rings (SSSR count). The van der Waals surface area contributed by atoms with Crippen LogP contribution >= 0.6 is 0 Å². The minimum absolute atomic E-state index is 0.170. The number of guanidine groups is 1. The lowest BCUT2D eigenvalue weighted by atomic mass is 9.97. The largest absolute Gasteiger partial charge is 0.493 e. The molecule has 0 radical (unpaired) electrons. The average molecular weight is 390 g/mol. The minimum Gasteiger partial charge on any atom is -0.493 e. The number of benzene rings is 1. The fourth-order valence-corrected chi connectivity index (χ4v) is 2.48. The molecule has 0 fully saturated rings. The number of methoxy groups -OCH3 is 2. The third-order valence-electron chi connectivity index (χ3n) is 3.99. The molecule has 1 aromatic heterocycles. The van der Waals surface area contributed by atoms with Crippen LogP contribution in [-0.4, -0.2) is 43.4 Å². The van der Waals surface area contributed by atoms with E-state index < -0.39 is 0 Å². The Labute approximate surface area is 166 Å². The lowest BCUT2D eigenvalue weighted by Crippen LogP contribution is -2.38. The van der Waals surface area contributed by atoms with Gasteiger partial charge in [0.05, 0.1) is 14.2 Å². The second kappa shape index (κ2) is 9.96. The minimum atomic E-state index is -0.170. The van der Waals surface area contributed by atoms with Gasteiger partial charge < -0.3 is 24.6 Å². The molecule has 0 unspecified atom stereocenters. The van der Waals surface area contributed by atoms with Crippen LogP contribution in [0.15, 0.2) is 27.7 Å². The second-order valence-electron chi connectivity index (χ2n) is 7.33. The third kappa shape index (κ3) is 6.14. The van der Waals surface area contributed by atoms with Gasteiger partial charge in [-0.3, -0.25) is 0 Å². The normalized spacial score (nSPS) is 12.0. The first-order valence-electron chi connectivity index (χ1n) is 9.43. The van der Waals surface area contributed by atoms with Crippen LogP contribution in [0.1, 0.15) is 45.0 Å². The Morgan fingerprint density at radius 1 is 1.14 bits per heavy atom. The molecule has 0 saturated carbocycles. The molecule has 1 aromatic carbocycles. The van der Waals surface area contributed by atoms with Crippen LogP contribution in [0.3, 0.4) is 0 Å². The maximum atomic E-state index is 5.35. The van der Waals surface area contributed by atoms with Crippen LogP contribution in [0, 0.1) is 0 Å². The summed E-state index contributed by atoms with van der Waals surface area (Å²) in [4.78, 5) is 8.95. The van der Waals surface area contributed by atoms with Gasteiger partial charge in [-0.15, -0.1) is 0 Å². The Morgan fingerprint density at radius 2 is 1.89 bits per heavy atom. The SMILES string of the molecule is CCNC(=NCc1noc(C(C)(C)C)n1)NCCc1ccc(OC)c(OC)c1. The number of aliphatic imine (C=N–C) groups is 1. The molecule has 2 aromatic rings. The maximum Gasteiger partial charge on any atom is 0.232 e. The topological polar surface area (TPSA) is 93.8 Å². The summed E-state index contributed by atoms with van der Waals surface area (Å²) in [5.74, 6) is 3.35. The lowest BCUT2D eigenvalue weighted by molar-refractivity contribution is 0.318. The van der Waals surface area contributed by atoms with Crippen LogP contribution in [0.5, 0.6) is 11.5 Å². The molecule has 0 aliphatic carbocycles. The average Bonchev–Trinajstić information content (AvgIpc) is 3.15. The lowest BCUT2D eigenvalue weighted by Gasteiger charge is -2.12. The van der Waals surface area contributed by atoms with Crippen LogP contribution in [0.4, 0.5) is 0 Å². The number of aromatic nitrogens is 2. The molecule has 0 aliphatic heterocycles. The van der Waals surface area contributed by atoms with Crippen LogP contribution in [-0.2, 0) is 18.4 Å². The second-order valence-corrected chi connectivity index (χ2v) is 7.33. The van der Waals surface area contributed by atoms with E-state index in [1.807, 2.05) is 45.9 Å². The number of hydrogen-bond acceptors (Lipinski definition) is 6. The predicted molar refractivity (Wildman–Crippen MR) is 109 cm³/mol. The zero-order valence-electron chi connectivity index (χ0n) is 17.6. The summed E-state index contributed by atoms with van der Waals surface area (Å²) < 4.78 is 15.9. The van der Waals surface area contributed by atoms with E-state index >= 15 is 0 Å². The molecule has 28 heavy (non-hydrogen) atoms. The maximum absolute atomic E-state index is 5.35. The molecular weight excluding hydrogens is 358 g/mol. The number of rotatable bonds is 8. The van der Waals surface area contributed by atoms with E-state index in [1.54, 1.807) is 14.2 Å². The van der Waals surface area contributed by atoms with Gasteiger partial charge in [0.25, 0.3) is 0 Å². The molecule has 8 heteroatoms. The summed E-state index contributed by atoms with van der Waals surface area (Å²) in [6.45, 7) is 9.97. The van der Waals surface area contributed by atoms with Gasteiger partial charge in [0, 0.05) is 18.5 Å². The number of nitrogens with zero attached hydrogens (tertiary/aromatic N) is 3. The van der Waals surface area contributed by atoms with Gasteiger partial charge in [-0.05, 0) is 31.0 Å². The Balaban J connectivity index is 1.93. The number of nitrogens with one attached hydrogen (secondary N) is 2. The fourth-order valence-electron chi connectivity index (χ4n) is 2.48. The summed E-state index contributed by atoms with van der Waals surface area (Å²) >= 11 is 0. The van der Waals surface area contributed by atoms with Gasteiger partial charge in [-0.2, -0.15) is 4.98 Å². The Bertz CT molecular complexity index is 780. The molecule has 0 saturated heterocycles. The molecular formula is C20H31N5O3. The van der Waals surface area contributed by atoms with Crippen molar-refractivity contribution in [2.45, 2.75) is 46.1 Å². The molecule has 0 amide bonds. The molecule has 1 heterocycles. The van der Waals surface area contributed by atoms with Crippen molar-refractivity contribution in [1.29, 1.82) is 0 Å². The van der Waals surface area contributed by atoms with E-state index in [-0.39, 0.29) is 5.41 Å². The highest BCUT2D eigenvalue weighted by atomic mass is 16.5. The van der Waals surface area contributed by atoms with E-state index in [1.165, 1.54) is 0 Å². The van der Waals surface area contributed by atoms with E-state index in [2.05, 4.69) is 25.8 Å². The van der Waals surface area contributed by atoms with E-state index in [9.17, 15) is 0 Å². The van der Waals surface area contributed by atoms with Crippen LogP contribution in [0.25, 0.3) is 0 Å². The standard InChI is InChI=1S/C20H31N5O3/c1-7-21-19(23-13-17-24-18(28-25-17)20(2,3)4)22-11-10-14-8-9-15(26-5)16(12-14)27-6/h8-9,12H,7,10-11,13H2,1-6H3,(H2,21,22,23). The first kappa shape index (κ1) is 21.5. The van der Waals surface area contributed by atoms with Gasteiger partial charge >= 0.3 is 0 Å². The predicted octanol–water partition coefficient (Wildman–Crippen LogP) is 2.68. The zero-order chi connectivity index (χ0) is 20.6. The smallest absolute Gasteiger partial charge is 0.232 e. The Morgan fingerprint density at radius 3 is 2.50 bits per heavy atom. The van der Waals surface area contributed by atoms with E-state index in [0.29, 0.717) is 24.2 Å². The van der Waals surface area contributed by atoms with Gasteiger partial charge in [0.2, 0.25) is 5.89 Å². The van der Waals surface area contributed by atoms with Crippen molar-refractivity contribution in [3.8, 4) is 11.5 Å². The highest BCUT2D eigenvalue weighted by molar-refractivity contribution is 5.79. The molecule has 2 N–H and O–H groups in total. The van der Waals surface area contributed by atoms with E-state index in [0.717, 1.165) is 36.6 Å². The quantitative estimate of drug-likeness (QED) is 0.529. The van der Waals surface area contributed by atoms with Crippen molar-refractivity contribution >= 4 is 5.96 Å². The summed E-state index contributed by atoms with van der Waals surface area (Å²) in [5, 5.41) is 10.6. The Hall–Kier alpha value is -2.77. The molecule has 0 aliphatic rings. The van der Waals surface area contributed by atoms with Crippen molar-refractivity contribution in [3.05, 3.63) is 35.5 Å². The summed E-state index contributed by atoms with van der Waals surface area (Å²) in [5.41, 5.74) is 0.978. The van der Waals surface area contributed by atoms with Crippen LogP contribution < -0.4 is 20.1 Å². The molecule has 154 valence electrons. The van der Waals surface area contributed by atoms with Crippen molar-refractivity contribution < 1.29 is 14.0 Å². The molecule has 8 nitrogen and oxygen atoms in total. The van der Waals surface area contributed by atoms with Crippen LogP contribution in [0.2, 0.25) is 0 Å². The van der Waals surface area contributed by atoms with Crippen molar-refractivity contribution in [1.82, 2.24) is 20.8 Å². The number of hydrogen-bond donors (Lipinski definition) is 2. The summed E-state index contributed by atoms with van der Waals surface area (Å²) in [6, 6.07) is 5.93. The monoisotopic (exact) mass is 389 g/mol. The van der Waals surface area contributed by atoms with Gasteiger partial charge in [-0.1, -0.05) is 32.0 Å². The Kier molecular flexibility index (Phi) is 7.66.